The van der Waals surface area contributed by atoms with Crippen LogP contribution in [0.15, 0.2) is 18.3 Å². The lowest BCUT2D eigenvalue weighted by atomic mass is 10.1. The normalized spacial score (nSPS) is 21.8. The summed E-state index contributed by atoms with van der Waals surface area (Å²) in [6.07, 6.45) is 2.15. The molecule has 18 heavy (non-hydrogen) atoms. The van der Waals surface area contributed by atoms with Gasteiger partial charge in [0.05, 0.1) is 17.1 Å². The topological polar surface area (TPSA) is 67.3 Å². The van der Waals surface area contributed by atoms with Crippen LogP contribution in [-0.2, 0) is 9.84 Å². The SMILES string of the molecule is Cc1ncccc1C(=O)N(C)C1CCS(=O)(=O)C1. The molecule has 98 valence electrons. The Morgan fingerprint density at radius 2 is 2.22 bits per heavy atom. The van der Waals surface area contributed by atoms with Gasteiger partial charge in [-0.25, -0.2) is 8.42 Å². The monoisotopic (exact) mass is 268 g/mol. The average Bonchev–Trinajstić information content (AvgIpc) is 2.68. The first kappa shape index (κ1) is 13.0. The molecule has 0 spiro atoms. The number of sulfone groups is 1. The van der Waals surface area contributed by atoms with Gasteiger partial charge < -0.3 is 4.90 Å². The van der Waals surface area contributed by atoms with E-state index < -0.39 is 9.84 Å². The average molecular weight is 268 g/mol. The second kappa shape index (κ2) is 4.68. The van der Waals surface area contributed by atoms with Crippen molar-refractivity contribution in [3.63, 3.8) is 0 Å². The molecule has 0 saturated carbocycles. The second-order valence-electron chi connectivity index (χ2n) is 4.61. The summed E-state index contributed by atoms with van der Waals surface area (Å²) in [4.78, 5) is 17.8. The molecule has 0 bridgehead atoms. The minimum absolute atomic E-state index is 0.0640. The summed E-state index contributed by atoms with van der Waals surface area (Å²) >= 11 is 0. The fraction of sp³-hybridized carbons (Fsp3) is 0.500. The van der Waals surface area contributed by atoms with Crippen molar-refractivity contribution in [2.45, 2.75) is 19.4 Å². The Balaban J connectivity index is 2.18. The fourth-order valence-electron chi connectivity index (χ4n) is 2.15. The van der Waals surface area contributed by atoms with Crippen molar-refractivity contribution < 1.29 is 13.2 Å². The van der Waals surface area contributed by atoms with Crippen LogP contribution in [0.2, 0.25) is 0 Å². The van der Waals surface area contributed by atoms with Crippen molar-refractivity contribution in [3.8, 4) is 0 Å². The van der Waals surface area contributed by atoms with Gasteiger partial charge in [-0.2, -0.15) is 0 Å². The first-order valence-electron chi connectivity index (χ1n) is 5.80. The highest BCUT2D eigenvalue weighted by Gasteiger charge is 2.33. The van der Waals surface area contributed by atoms with E-state index in [9.17, 15) is 13.2 Å². The molecule has 1 aliphatic rings. The van der Waals surface area contributed by atoms with Gasteiger partial charge in [-0.1, -0.05) is 0 Å². The van der Waals surface area contributed by atoms with E-state index in [1.165, 1.54) is 4.90 Å². The number of hydrogen-bond donors (Lipinski definition) is 0. The number of carbonyl (C=O) groups is 1. The molecule has 1 aromatic heterocycles. The number of amides is 1. The number of hydrogen-bond acceptors (Lipinski definition) is 4. The van der Waals surface area contributed by atoms with Crippen LogP contribution < -0.4 is 0 Å². The van der Waals surface area contributed by atoms with Crippen LogP contribution in [0.25, 0.3) is 0 Å². The molecule has 1 fully saturated rings. The van der Waals surface area contributed by atoms with Crippen LogP contribution in [0.1, 0.15) is 22.5 Å². The summed E-state index contributed by atoms with van der Waals surface area (Å²) in [5, 5.41) is 0. The van der Waals surface area contributed by atoms with Gasteiger partial charge in [0.25, 0.3) is 5.91 Å². The maximum Gasteiger partial charge on any atom is 0.255 e. The summed E-state index contributed by atoms with van der Waals surface area (Å²) in [7, 11) is -1.32. The van der Waals surface area contributed by atoms with Crippen molar-refractivity contribution in [1.82, 2.24) is 9.88 Å². The third-order valence-electron chi connectivity index (χ3n) is 3.31. The quantitative estimate of drug-likeness (QED) is 0.790. The van der Waals surface area contributed by atoms with Crippen molar-refractivity contribution in [2.24, 2.45) is 0 Å². The van der Waals surface area contributed by atoms with Gasteiger partial charge in [-0.3, -0.25) is 9.78 Å². The van der Waals surface area contributed by atoms with E-state index in [1.54, 1.807) is 32.3 Å². The van der Waals surface area contributed by atoms with Crippen molar-refractivity contribution in [1.29, 1.82) is 0 Å². The molecular formula is C12H16N2O3S. The molecule has 1 atom stereocenters. The molecule has 0 aromatic carbocycles. The van der Waals surface area contributed by atoms with Gasteiger partial charge >= 0.3 is 0 Å². The van der Waals surface area contributed by atoms with Crippen LogP contribution in [0.4, 0.5) is 0 Å². The molecule has 0 N–H and O–H groups in total. The number of aryl methyl sites for hydroxylation is 1. The number of carbonyl (C=O) groups excluding carboxylic acids is 1. The lowest BCUT2D eigenvalue weighted by Gasteiger charge is -2.23. The Bertz CT molecular complexity index is 568. The minimum Gasteiger partial charge on any atom is -0.338 e. The first-order valence-corrected chi connectivity index (χ1v) is 7.62. The Morgan fingerprint density at radius 1 is 1.50 bits per heavy atom. The number of pyridine rings is 1. The van der Waals surface area contributed by atoms with E-state index in [1.807, 2.05) is 0 Å². The molecule has 2 heterocycles. The largest absolute Gasteiger partial charge is 0.338 e. The highest BCUT2D eigenvalue weighted by Crippen LogP contribution is 2.19. The number of aromatic nitrogens is 1. The first-order chi connectivity index (χ1) is 8.41. The summed E-state index contributed by atoms with van der Waals surface area (Å²) in [5.41, 5.74) is 1.19. The molecule has 2 rings (SSSR count). The van der Waals surface area contributed by atoms with Gasteiger partial charge in [0, 0.05) is 25.0 Å². The van der Waals surface area contributed by atoms with Crippen molar-refractivity contribution in [2.75, 3.05) is 18.6 Å². The molecule has 1 amide bonds. The summed E-state index contributed by atoms with van der Waals surface area (Å²) in [5.74, 6) is 0.0678. The van der Waals surface area contributed by atoms with Crippen LogP contribution in [0, 0.1) is 6.92 Å². The third-order valence-corrected chi connectivity index (χ3v) is 5.06. The molecule has 5 nitrogen and oxygen atoms in total. The lowest BCUT2D eigenvalue weighted by Crippen LogP contribution is -2.38. The maximum absolute atomic E-state index is 12.3. The minimum atomic E-state index is -2.98. The van der Waals surface area contributed by atoms with Crippen LogP contribution in [-0.4, -0.2) is 48.8 Å². The molecular weight excluding hydrogens is 252 g/mol. The van der Waals surface area contributed by atoms with Crippen LogP contribution in [0.5, 0.6) is 0 Å². The summed E-state index contributed by atoms with van der Waals surface area (Å²) in [6.45, 7) is 1.77. The Hall–Kier alpha value is -1.43. The van der Waals surface area contributed by atoms with E-state index in [0.717, 1.165) is 0 Å². The molecule has 1 saturated heterocycles. The summed E-state index contributed by atoms with van der Waals surface area (Å²) < 4.78 is 22.8. The number of nitrogens with zero attached hydrogens (tertiary/aromatic N) is 2. The standard InChI is InChI=1S/C12H16N2O3S/c1-9-11(4-3-6-13-9)12(15)14(2)10-5-7-18(16,17)8-10/h3-4,6,10H,5,7-8H2,1-2H3. The maximum atomic E-state index is 12.3. The van der Waals surface area contributed by atoms with Gasteiger partial charge in [0.15, 0.2) is 9.84 Å². The fourth-order valence-corrected chi connectivity index (χ4v) is 3.92. The molecule has 1 aliphatic heterocycles. The Labute approximate surface area is 107 Å². The summed E-state index contributed by atoms with van der Waals surface area (Å²) in [6, 6.07) is 3.20. The smallest absolute Gasteiger partial charge is 0.255 e. The Kier molecular flexibility index (Phi) is 3.38. The predicted octanol–water partition coefficient (Wildman–Crippen LogP) is 0.649. The Morgan fingerprint density at radius 3 is 2.78 bits per heavy atom. The van der Waals surface area contributed by atoms with E-state index >= 15 is 0 Å². The molecule has 0 radical (unpaired) electrons. The van der Waals surface area contributed by atoms with Gasteiger partial charge in [-0.15, -0.1) is 0 Å². The highest BCUT2D eigenvalue weighted by atomic mass is 32.2. The van der Waals surface area contributed by atoms with Crippen LogP contribution >= 0.6 is 0 Å². The van der Waals surface area contributed by atoms with Gasteiger partial charge in [0.2, 0.25) is 0 Å². The molecule has 1 unspecified atom stereocenters. The second-order valence-corrected chi connectivity index (χ2v) is 6.84. The van der Waals surface area contributed by atoms with Gasteiger partial charge in [-0.05, 0) is 25.5 Å². The van der Waals surface area contributed by atoms with E-state index in [4.69, 9.17) is 0 Å². The number of rotatable bonds is 2. The van der Waals surface area contributed by atoms with E-state index in [-0.39, 0.29) is 23.5 Å². The zero-order chi connectivity index (χ0) is 13.3. The van der Waals surface area contributed by atoms with E-state index in [2.05, 4.69) is 4.98 Å². The molecule has 6 heteroatoms. The van der Waals surface area contributed by atoms with E-state index in [0.29, 0.717) is 17.7 Å². The van der Waals surface area contributed by atoms with Gasteiger partial charge in [0.1, 0.15) is 0 Å². The molecule has 1 aromatic rings. The van der Waals surface area contributed by atoms with Crippen LogP contribution in [0.3, 0.4) is 0 Å². The van der Waals surface area contributed by atoms with Crippen molar-refractivity contribution in [3.05, 3.63) is 29.6 Å². The zero-order valence-corrected chi connectivity index (χ0v) is 11.3. The zero-order valence-electron chi connectivity index (χ0n) is 10.5. The third kappa shape index (κ3) is 2.53. The van der Waals surface area contributed by atoms with Crippen molar-refractivity contribution >= 4 is 15.7 Å². The molecule has 0 aliphatic carbocycles. The highest BCUT2D eigenvalue weighted by molar-refractivity contribution is 7.91. The predicted molar refractivity (Wildman–Crippen MR) is 68.1 cm³/mol. The lowest BCUT2D eigenvalue weighted by molar-refractivity contribution is 0.0746.